The van der Waals surface area contributed by atoms with Gasteiger partial charge in [0.25, 0.3) is 0 Å². The molecular formula is C13H25N5O2. The largest absolute Gasteiger partial charge is 0.464 e. The highest BCUT2D eigenvalue weighted by Gasteiger charge is 2.06. The minimum absolute atomic E-state index is 0.227. The van der Waals surface area contributed by atoms with Gasteiger partial charge in [0.2, 0.25) is 11.9 Å². The van der Waals surface area contributed by atoms with E-state index in [0.717, 1.165) is 25.9 Å². The van der Waals surface area contributed by atoms with Crippen molar-refractivity contribution < 1.29 is 9.84 Å². The molecule has 0 saturated carbocycles. The van der Waals surface area contributed by atoms with Crippen molar-refractivity contribution >= 4 is 11.9 Å². The Morgan fingerprint density at radius 2 is 1.85 bits per heavy atom. The molecule has 1 aromatic heterocycles. The first kappa shape index (κ1) is 16.4. The van der Waals surface area contributed by atoms with Gasteiger partial charge < -0.3 is 20.5 Å². The number of aromatic nitrogens is 3. The van der Waals surface area contributed by atoms with Gasteiger partial charge in [-0.15, -0.1) is 0 Å². The molecule has 0 radical (unpaired) electrons. The number of ether oxygens (including phenoxy) is 1. The highest BCUT2D eigenvalue weighted by molar-refractivity contribution is 5.35. The summed E-state index contributed by atoms with van der Waals surface area (Å²) in [6.07, 6.45) is 1.92. The van der Waals surface area contributed by atoms with Crippen LogP contribution in [0.15, 0.2) is 0 Å². The Morgan fingerprint density at radius 1 is 1.15 bits per heavy atom. The number of anilines is 2. The van der Waals surface area contributed by atoms with Crippen molar-refractivity contribution in [1.29, 1.82) is 0 Å². The molecule has 7 nitrogen and oxygen atoms in total. The summed E-state index contributed by atoms with van der Waals surface area (Å²) in [6.45, 7) is 8.13. The van der Waals surface area contributed by atoms with Crippen molar-refractivity contribution in [1.82, 2.24) is 15.0 Å². The second kappa shape index (κ2) is 9.30. The van der Waals surface area contributed by atoms with E-state index in [4.69, 9.17) is 9.84 Å². The molecule has 1 rings (SSSR count). The third-order valence-electron chi connectivity index (χ3n) is 2.69. The lowest BCUT2D eigenvalue weighted by molar-refractivity contribution is 0.229. The van der Waals surface area contributed by atoms with Gasteiger partial charge in [0, 0.05) is 19.7 Å². The second-order valence-corrected chi connectivity index (χ2v) is 4.59. The fourth-order valence-electron chi connectivity index (χ4n) is 1.61. The van der Waals surface area contributed by atoms with Gasteiger partial charge in [0.15, 0.2) is 0 Å². The Labute approximate surface area is 120 Å². The molecule has 0 spiro atoms. The molecule has 0 amide bonds. The Hall–Kier alpha value is -1.63. The van der Waals surface area contributed by atoms with E-state index in [9.17, 15) is 0 Å². The zero-order valence-corrected chi connectivity index (χ0v) is 12.5. The maximum absolute atomic E-state index is 8.96. The molecule has 1 atom stereocenters. The first-order valence-corrected chi connectivity index (χ1v) is 7.17. The van der Waals surface area contributed by atoms with Crippen molar-refractivity contribution in [2.45, 2.75) is 33.6 Å². The molecule has 0 aromatic carbocycles. The molecule has 114 valence electrons. The molecule has 0 bridgehead atoms. The Bertz CT molecular complexity index is 365. The van der Waals surface area contributed by atoms with E-state index in [0.29, 0.717) is 30.4 Å². The number of nitrogens with one attached hydrogen (secondary N) is 2. The second-order valence-electron chi connectivity index (χ2n) is 4.59. The summed E-state index contributed by atoms with van der Waals surface area (Å²) >= 11 is 0. The summed E-state index contributed by atoms with van der Waals surface area (Å²) < 4.78 is 5.32. The van der Waals surface area contributed by atoms with Crippen LogP contribution in [0.4, 0.5) is 11.9 Å². The predicted octanol–water partition coefficient (Wildman–Crippen LogP) is 1.52. The third kappa shape index (κ3) is 6.01. The Kier molecular flexibility index (Phi) is 7.64. The van der Waals surface area contributed by atoms with Gasteiger partial charge in [-0.05, 0) is 32.6 Å². The van der Waals surface area contributed by atoms with Gasteiger partial charge >= 0.3 is 6.01 Å². The summed E-state index contributed by atoms with van der Waals surface area (Å²) in [5.74, 6) is 1.35. The number of hydrogen-bond donors (Lipinski definition) is 3. The van der Waals surface area contributed by atoms with E-state index in [2.05, 4.69) is 25.6 Å². The van der Waals surface area contributed by atoms with E-state index < -0.39 is 0 Å². The summed E-state index contributed by atoms with van der Waals surface area (Å²) in [7, 11) is 0. The van der Waals surface area contributed by atoms with Crippen LogP contribution < -0.4 is 15.4 Å². The zero-order chi connectivity index (χ0) is 14.8. The minimum atomic E-state index is 0.227. The van der Waals surface area contributed by atoms with Crippen molar-refractivity contribution in [2.75, 3.05) is 36.9 Å². The van der Waals surface area contributed by atoms with Crippen molar-refractivity contribution in [3.05, 3.63) is 0 Å². The van der Waals surface area contributed by atoms with Gasteiger partial charge in [-0.25, -0.2) is 0 Å². The number of aliphatic hydroxyl groups is 1. The van der Waals surface area contributed by atoms with Gasteiger partial charge in [0.1, 0.15) is 0 Å². The van der Waals surface area contributed by atoms with Gasteiger partial charge in [-0.1, -0.05) is 6.92 Å². The average molecular weight is 283 g/mol. The normalized spacial score (nSPS) is 12.0. The number of rotatable bonds is 10. The molecule has 0 aliphatic heterocycles. The van der Waals surface area contributed by atoms with Crippen molar-refractivity contribution in [2.24, 2.45) is 5.92 Å². The van der Waals surface area contributed by atoms with E-state index in [1.54, 1.807) is 0 Å². The van der Waals surface area contributed by atoms with Crippen LogP contribution in [0, 0.1) is 5.92 Å². The fourth-order valence-corrected chi connectivity index (χ4v) is 1.61. The number of nitrogens with zero attached hydrogens (tertiary/aromatic N) is 3. The summed E-state index contributed by atoms with van der Waals surface area (Å²) in [5.41, 5.74) is 0. The standard InChI is InChI=1S/C13H25N5O2/c1-4-14-11-16-12(18-13(17-11)20-5-2)15-8-6-7-10(3)9-19/h10,19H,4-9H2,1-3H3,(H2,14,15,16,17,18). The van der Waals surface area contributed by atoms with Crippen molar-refractivity contribution in [3.63, 3.8) is 0 Å². The molecule has 1 heterocycles. The number of aliphatic hydroxyl groups excluding tert-OH is 1. The Morgan fingerprint density at radius 3 is 2.45 bits per heavy atom. The molecule has 20 heavy (non-hydrogen) atoms. The van der Waals surface area contributed by atoms with Crippen LogP contribution >= 0.6 is 0 Å². The van der Waals surface area contributed by atoms with Crippen LogP contribution in [-0.2, 0) is 0 Å². The molecular weight excluding hydrogens is 258 g/mol. The molecule has 0 saturated heterocycles. The van der Waals surface area contributed by atoms with E-state index in [-0.39, 0.29) is 6.61 Å². The smallest absolute Gasteiger partial charge is 0.323 e. The van der Waals surface area contributed by atoms with Crippen LogP contribution in [0.1, 0.15) is 33.6 Å². The third-order valence-corrected chi connectivity index (χ3v) is 2.69. The van der Waals surface area contributed by atoms with Gasteiger partial charge in [0.05, 0.1) is 6.61 Å². The molecule has 0 aliphatic carbocycles. The zero-order valence-electron chi connectivity index (χ0n) is 12.5. The first-order valence-electron chi connectivity index (χ1n) is 7.17. The molecule has 3 N–H and O–H groups in total. The lowest BCUT2D eigenvalue weighted by atomic mass is 10.1. The van der Waals surface area contributed by atoms with Gasteiger partial charge in [-0.2, -0.15) is 15.0 Å². The van der Waals surface area contributed by atoms with Crippen LogP contribution in [0.2, 0.25) is 0 Å². The Balaban J connectivity index is 2.54. The lowest BCUT2D eigenvalue weighted by Gasteiger charge is -2.10. The average Bonchev–Trinajstić information content (AvgIpc) is 2.44. The lowest BCUT2D eigenvalue weighted by Crippen LogP contribution is -2.12. The molecule has 7 heteroatoms. The van der Waals surface area contributed by atoms with E-state index >= 15 is 0 Å². The maximum Gasteiger partial charge on any atom is 0.323 e. The molecule has 0 aliphatic rings. The van der Waals surface area contributed by atoms with E-state index in [1.165, 1.54) is 0 Å². The van der Waals surface area contributed by atoms with Crippen molar-refractivity contribution in [3.8, 4) is 6.01 Å². The summed E-state index contributed by atoms with van der Waals surface area (Å²) in [4.78, 5) is 12.6. The van der Waals surface area contributed by atoms with Crippen LogP contribution in [0.3, 0.4) is 0 Å². The van der Waals surface area contributed by atoms with Crippen LogP contribution in [0.25, 0.3) is 0 Å². The molecule has 1 unspecified atom stereocenters. The summed E-state index contributed by atoms with van der Waals surface area (Å²) in [5, 5.41) is 15.2. The predicted molar refractivity (Wildman–Crippen MR) is 79.1 cm³/mol. The van der Waals surface area contributed by atoms with Gasteiger partial charge in [-0.3, -0.25) is 0 Å². The van der Waals surface area contributed by atoms with Crippen LogP contribution in [-0.4, -0.2) is 46.4 Å². The quantitative estimate of drug-likeness (QED) is 0.561. The highest BCUT2D eigenvalue weighted by atomic mass is 16.5. The maximum atomic E-state index is 8.96. The number of hydrogen-bond acceptors (Lipinski definition) is 7. The molecule has 1 aromatic rings. The van der Waals surface area contributed by atoms with Crippen LogP contribution in [0.5, 0.6) is 6.01 Å². The fraction of sp³-hybridized carbons (Fsp3) is 0.769. The SMILES string of the molecule is CCNc1nc(NCCCC(C)CO)nc(OCC)n1. The molecule has 0 fully saturated rings. The summed E-state index contributed by atoms with van der Waals surface area (Å²) in [6, 6.07) is 0.324. The van der Waals surface area contributed by atoms with E-state index in [1.807, 2.05) is 20.8 Å². The monoisotopic (exact) mass is 283 g/mol. The topological polar surface area (TPSA) is 92.2 Å². The minimum Gasteiger partial charge on any atom is -0.464 e. The first-order chi connectivity index (χ1) is 9.69. The highest BCUT2D eigenvalue weighted by Crippen LogP contribution is 2.11.